The van der Waals surface area contributed by atoms with Crippen LogP contribution < -0.4 is 14.8 Å². The first-order valence-corrected chi connectivity index (χ1v) is 9.30. The van der Waals surface area contributed by atoms with Gasteiger partial charge < -0.3 is 14.8 Å². The number of benzene rings is 1. The Kier molecular flexibility index (Phi) is 5.74. The summed E-state index contributed by atoms with van der Waals surface area (Å²) in [5, 5.41) is 7.62. The van der Waals surface area contributed by atoms with E-state index >= 15 is 0 Å². The van der Waals surface area contributed by atoms with Gasteiger partial charge >= 0.3 is 0 Å². The fourth-order valence-electron chi connectivity index (χ4n) is 2.89. The van der Waals surface area contributed by atoms with Gasteiger partial charge in [-0.25, -0.2) is 0 Å². The molecule has 1 aromatic heterocycles. The predicted molar refractivity (Wildman–Crippen MR) is 107 cm³/mol. The number of amides is 1. The van der Waals surface area contributed by atoms with Gasteiger partial charge in [0.05, 0.1) is 11.4 Å². The van der Waals surface area contributed by atoms with Crippen LogP contribution in [0.4, 0.5) is 5.69 Å². The molecule has 0 saturated heterocycles. The number of hydrogen-bond acceptors (Lipinski definition) is 5. The molecule has 0 bridgehead atoms. The SMILES string of the molecule is CC(=O)c1cc2c(cc1NC(=O)/C=C/c1c(C)nn(CC(C)C)c1Cl)OCO2. The van der Waals surface area contributed by atoms with E-state index < -0.39 is 5.91 Å². The summed E-state index contributed by atoms with van der Waals surface area (Å²) < 4.78 is 12.3. The van der Waals surface area contributed by atoms with Crippen LogP contribution in [0.1, 0.15) is 42.4 Å². The minimum absolute atomic E-state index is 0.0854. The van der Waals surface area contributed by atoms with E-state index in [1.54, 1.807) is 22.9 Å². The fourth-order valence-corrected chi connectivity index (χ4v) is 3.20. The molecule has 148 valence electrons. The summed E-state index contributed by atoms with van der Waals surface area (Å²) in [7, 11) is 0. The number of aryl methyl sites for hydroxylation is 1. The highest BCUT2D eigenvalue weighted by Gasteiger charge is 2.20. The van der Waals surface area contributed by atoms with Crippen molar-refractivity contribution in [2.75, 3.05) is 12.1 Å². The number of nitrogens with one attached hydrogen (secondary N) is 1. The average molecular weight is 404 g/mol. The number of Topliss-reactive ketones (excluding diaryl/α,β-unsaturated/α-hetero) is 1. The Bertz CT molecular complexity index is 963. The molecule has 1 amide bonds. The summed E-state index contributed by atoms with van der Waals surface area (Å²) in [6.45, 7) is 8.20. The van der Waals surface area contributed by atoms with E-state index in [4.69, 9.17) is 21.1 Å². The van der Waals surface area contributed by atoms with Gasteiger partial charge in [0, 0.05) is 29.8 Å². The molecule has 0 radical (unpaired) electrons. The Hall–Kier alpha value is -2.80. The van der Waals surface area contributed by atoms with Crippen LogP contribution in [0.2, 0.25) is 5.15 Å². The van der Waals surface area contributed by atoms with Gasteiger partial charge in [-0.15, -0.1) is 0 Å². The summed E-state index contributed by atoms with van der Waals surface area (Å²) in [5.41, 5.74) is 2.15. The van der Waals surface area contributed by atoms with Crippen molar-refractivity contribution in [2.45, 2.75) is 34.2 Å². The van der Waals surface area contributed by atoms with E-state index in [-0.39, 0.29) is 12.6 Å². The van der Waals surface area contributed by atoms with Gasteiger partial charge in [0.2, 0.25) is 12.7 Å². The lowest BCUT2D eigenvalue weighted by Gasteiger charge is -2.09. The molecule has 0 unspecified atom stereocenters. The minimum Gasteiger partial charge on any atom is -0.454 e. The van der Waals surface area contributed by atoms with Crippen LogP contribution in [0.25, 0.3) is 6.08 Å². The number of ether oxygens (including phenoxy) is 2. The van der Waals surface area contributed by atoms with Gasteiger partial charge in [0.1, 0.15) is 5.15 Å². The Balaban J connectivity index is 1.80. The monoisotopic (exact) mass is 403 g/mol. The second-order valence-corrected chi connectivity index (χ2v) is 7.35. The van der Waals surface area contributed by atoms with Crippen molar-refractivity contribution >= 4 is 35.1 Å². The van der Waals surface area contributed by atoms with Crippen LogP contribution in [0.3, 0.4) is 0 Å². The number of halogens is 1. The molecule has 3 rings (SSSR count). The number of ketones is 1. The fraction of sp³-hybridized carbons (Fsp3) is 0.350. The van der Waals surface area contributed by atoms with Crippen molar-refractivity contribution in [2.24, 2.45) is 5.92 Å². The third-order valence-electron chi connectivity index (χ3n) is 4.20. The molecular formula is C20H22ClN3O4. The lowest BCUT2D eigenvalue weighted by Crippen LogP contribution is -2.11. The summed E-state index contributed by atoms with van der Waals surface area (Å²) in [5.74, 6) is 0.782. The summed E-state index contributed by atoms with van der Waals surface area (Å²) in [6, 6.07) is 3.16. The molecule has 1 N–H and O–H groups in total. The number of rotatable bonds is 6. The molecule has 28 heavy (non-hydrogen) atoms. The molecule has 2 heterocycles. The van der Waals surface area contributed by atoms with Crippen LogP contribution in [0.15, 0.2) is 18.2 Å². The molecule has 2 aromatic rings. The van der Waals surface area contributed by atoms with Crippen molar-refractivity contribution in [3.8, 4) is 11.5 Å². The Morgan fingerprint density at radius 1 is 1.32 bits per heavy atom. The van der Waals surface area contributed by atoms with E-state index in [2.05, 4.69) is 24.3 Å². The molecule has 0 saturated carbocycles. The second-order valence-electron chi connectivity index (χ2n) is 7.00. The highest BCUT2D eigenvalue weighted by Crippen LogP contribution is 2.37. The predicted octanol–water partition coefficient (Wildman–Crippen LogP) is 4.08. The molecule has 0 fully saturated rings. The van der Waals surface area contributed by atoms with Crippen molar-refractivity contribution in [1.29, 1.82) is 0 Å². The van der Waals surface area contributed by atoms with Crippen LogP contribution in [0.5, 0.6) is 11.5 Å². The van der Waals surface area contributed by atoms with E-state index in [1.807, 2.05) is 6.92 Å². The first-order chi connectivity index (χ1) is 13.3. The summed E-state index contributed by atoms with van der Waals surface area (Å²) in [6.07, 6.45) is 2.99. The first kappa shape index (κ1) is 19.9. The zero-order valence-electron chi connectivity index (χ0n) is 16.2. The number of anilines is 1. The number of carbonyl (C=O) groups excluding carboxylic acids is 2. The molecule has 1 aliphatic rings. The van der Waals surface area contributed by atoms with Gasteiger partial charge in [-0.05, 0) is 31.9 Å². The standard InChI is InChI=1S/C20H22ClN3O4/c1-11(2)9-24-20(21)14(12(3)23-24)5-6-19(26)22-16-8-18-17(27-10-28-18)7-15(16)13(4)25/h5-8,11H,9-10H2,1-4H3,(H,22,26)/b6-5+. The molecular weight excluding hydrogens is 382 g/mol. The number of nitrogens with zero attached hydrogens (tertiary/aromatic N) is 2. The van der Waals surface area contributed by atoms with Crippen LogP contribution in [-0.2, 0) is 11.3 Å². The molecule has 0 atom stereocenters. The molecule has 1 aliphatic heterocycles. The first-order valence-electron chi connectivity index (χ1n) is 8.92. The lowest BCUT2D eigenvalue weighted by molar-refractivity contribution is -0.111. The maximum Gasteiger partial charge on any atom is 0.248 e. The maximum atomic E-state index is 12.4. The summed E-state index contributed by atoms with van der Waals surface area (Å²) >= 11 is 6.39. The zero-order valence-corrected chi connectivity index (χ0v) is 17.0. The Labute approximate surface area is 168 Å². The van der Waals surface area contributed by atoms with Crippen LogP contribution in [0, 0.1) is 12.8 Å². The second kappa shape index (κ2) is 8.06. The molecule has 8 heteroatoms. The number of fused-ring (bicyclic) bond motifs is 1. The molecule has 1 aromatic carbocycles. The number of hydrogen-bond donors (Lipinski definition) is 1. The van der Waals surface area contributed by atoms with Gasteiger partial charge in [0.25, 0.3) is 0 Å². The van der Waals surface area contributed by atoms with Crippen molar-refractivity contribution in [1.82, 2.24) is 9.78 Å². The number of aromatic nitrogens is 2. The van der Waals surface area contributed by atoms with Gasteiger partial charge in [-0.1, -0.05) is 25.4 Å². The van der Waals surface area contributed by atoms with Crippen molar-refractivity contribution in [3.05, 3.63) is 40.2 Å². The average Bonchev–Trinajstić information content (AvgIpc) is 3.16. The maximum absolute atomic E-state index is 12.4. The van der Waals surface area contributed by atoms with E-state index in [1.165, 1.54) is 13.0 Å². The van der Waals surface area contributed by atoms with Crippen LogP contribution >= 0.6 is 11.6 Å². The highest BCUT2D eigenvalue weighted by molar-refractivity contribution is 6.31. The topological polar surface area (TPSA) is 82.5 Å². The van der Waals surface area contributed by atoms with Gasteiger partial charge in [-0.3, -0.25) is 14.3 Å². The van der Waals surface area contributed by atoms with Crippen LogP contribution in [-0.4, -0.2) is 28.3 Å². The summed E-state index contributed by atoms with van der Waals surface area (Å²) in [4.78, 5) is 24.3. The highest BCUT2D eigenvalue weighted by atomic mass is 35.5. The van der Waals surface area contributed by atoms with Crippen molar-refractivity contribution < 1.29 is 19.1 Å². The Morgan fingerprint density at radius 3 is 2.64 bits per heavy atom. The van der Waals surface area contributed by atoms with Gasteiger partial charge in [-0.2, -0.15) is 5.10 Å². The van der Waals surface area contributed by atoms with E-state index in [9.17, 15) is 9.59 Å². The Morgan fingerprint density at radius 2 is 2.00 bits per heavy atom. The van der Waals surface area contributed by atoms with E-state index in [0.29, 0.717) is 45.9 Å². The van der Waals surface area contributed by atoms with Gasteiger partial charge in [0.15, 0.2) is 17.3 Å². The molecule has 0 aliphatic carbocycles. The zero-order chi connectivity index (χ0) is 20.4. The largest absolute Gasteiger partial charge is 0.454 e. The third-order valence-corrected chi connectivity index (χ3v) is 4.60. The van der Waals surface area contributed by atoms with Crippen molar-refractivity contribution in [3.63, 3.8) is 0 Å². The quantitative estimate of drug-likeness (QED) is 0.580. The lowest BCUT2D eigenvalue weighted by atomic mass is 10.1. The normalized spacial score (nSPS) is 12.8. The minimum atomic E-state index is -0.395. The smallest absolute Gasteiger partial charge is 0.248 e. The molecule has 7 nitrogen and oxygen atoms in total. The van der Waals surface area contributed by atoms with E-state index in [0.717, 1.165) is 5.69 Å². The molecule has 0 spiro atoms. The third kappa shape index (κ3) is 4.20. The number of carbonyl (C=O) groups is 2.